The van der Waals surface area contributed by atoms with Crippen molar-refractivity contribution in [2.75, 3.05) is 27.4 Å². The molecule has 0 saturated heterocycles. The minimum atomic E-state index is -0.495. The van der Waals surface area contributed by atoms with E-state index in [9.17, 15) is 9.59 Å². The molecule has 0 aliphatic heterocycles. The first-order valence-corrected chi connectivity index (χ1v) is 11.9. The lowest BCUT2D eigenvalue weighted by Gasteiger charge is -2.19. The van der Waals surface area contributed by atoms with Crippen molar-refractivity contribution in [3.05, 3.63) is 71.9 Å². The number of carbonyl (C=O) groups excluding carboxylic acids is 2. The van der Waals surface area contributed by atoms with Crippen molar-refractivity contribution < 1.29 is 23.8 Å². The standard InChI is InChI=1S/C29H30N2O5/c1-5-15-36-24-14-13-19(18-11-12-21(29(33)35-4)25(16-18)34-3)27(28(32)30-6-2)26(24)22-17-31-23-10-8-7-9-20(22)23/h7-14,16-17,31H,5-6,15H2,1-4H3,(H,30,32). The number of fused-ring (bicyclic) bond motifs is 1. The Bertz CT molecular complexity index is 1410. The highest BCUT2D eigenvalue weighted by molar-refractivity contribution is 6.11. The third-order valence-electron chi connectivity index (χ3n) is 5.97. The molecule has 0 bridgehead atoms. The molecular formula is C29H30N2O5. The van der Waals surface area contributed by atoms with Crippen LogP contribution < -0.4 is 14.8 Å². The SMILES string of the molecule is CCCOc1ccc(-c2ccc(C(=O)OC)c(OC)c2)c(C(=O)NCC)c1-c1c[nH]c2ccccc12. The summed E-state index contributed by atoms with van der Waals surface area (Å²) >= 11 is 0. The number of aromatic amines is 1. The zero-order valence-corrected chi connectivity index (χ0v) is 20.9. The maximum Gasteiger partial charge on any atom is 0.341 e. The number of ether oxygens (including phenoxy) is 3. The molecule has 7 nitrogen and oxygen atoms in total. The number of H-pyrrole nitrogens is 1. The van der Waals surface area contributed by atoms with E-state index in [-0.39, 0.29) is 5.91 Å². The molecule has 1 aromatic heterocycles. The van der Waals surface area contributed by atoms with E-state index in [1.54, 1.807) is 18.2 Å². The van der Waals surface area contributed by atoms with Crippen LogP contribution >= 0.6 is 0 Å². The summed E-state index contributed by atoms with van der Waals surface area (Å²) in [5.41, 5.74) is 4.76. The van der Waals surface area contributed by atoms with E-state index >= 15 is 0 Å². The fourth-order valence-corrected chi connectivity index (χ4v) is 4.32. The molecule has 7 heteroatoms. The van der Waals surface area contributed by atoms with Crippen molar-refractivity contribution >= 4 is 22.8 Å². The van der Waals surface area contributed by atoms with Crippen molar-refractivity contribution in [2.24, 2.45) is 0 Å². The molecule has 3 aromatic carbocycles. The lowest BCUT2D eigenvalue weighted by molar-refractivity contribution is 0.0597. The first-order valence-electron chi connectivity index (χ1n) is 11.9. The van der Waals surface area contributed by atoms with Gasteiger partial charge in [-0.15, -0.1) is 0 Å². The Morgan fingerprint density at radius 2 is 1.75 bits per heavy atom. The molecule has 0 aliphatic carbocycles. The van der Waals surface area contributed by atoms with E-state index in [1.165, 1.54) is 14.2 Å². The highest BCUT2D eigenvalue weighted by Gasteiger charge is 2.25. The second-order valence-corrected chi connectivity index (χ2v) is 8.22. The number of nitrogens with one attached hydrogen (secondary N) is 2. The second kappa shape index (κ2) is 11.0. The molecule has 4 aromatic rings. The molecule has 0 radical (unpaired) electrons. The molecule has 0 atom stereocenters. The summed E-state index contributed by atoms with van der Waals surface area (Å²) in [6, 6.07) is 16.9. The number of aromatic nitrogens is 1. The number of hydrogen-bond donors (Lipinski definition) is 2. The van der Waals surface area contributed by atoms with Crippen LogP contribution in [-0.4, -0.2) is 44.2 Å². The largest absolute Gasteiger partial charge is 0.496 e. The normalized spacial score (nSPS) is 10.8. The van der Waals surface area contributed by atoms with Crippen molar-refractivity contribution in [1.29, 1.82) is 0 Å². The van der Waals surface area contributed by atoms with Gasteiger partial charge < -0.3 is 24.5 Å². The summed E-state index contributed by atoms with van der Waals surface area (Å²) in [5, 5.41) is 3.95. The van der Waals surface area contributed by atoms with Gasteiger partial charge in [-0.2, -0.15) is 0 Å². The Hall–Kier alpha value is -4.26. The first-order chi connectivity index (χ1) is 17.5. The van der Waals surface area contributed by atoms with Crippen LogP contribution in [0.5, 0.6) is 11.5 Å². The number of esters is 1. The minimum Gasteiger partial charge on any atom is -0.496 e. The van der Waals surface area contributed by atoms with E-state index in [2.05, 4.69) is 10.3 Å². The van der Waals surface area contributed by atoms with Crippen LogP contribution in [-0.2, 0) is 4.74 Å². The van der Waals surface area contributed by atoms with Gasteiger partial charge in [-0.25, -0.2) is 4.79 Å². The molecule has 1 amide bonds. The topological polar surface area (TPSA) is 89.7 Å². The molecule has 0 unspecified atom stereocenters. The van der Waals surface area contributed by atoms with E-state index in [4.69, 9.17) is 14.2 Å². The maximum atomic E-state index is 13.6. The molecule has 0 spiro atoms. The highest BCUT2D eigenvalue weighted by Crippen LogP contribution is 2.43. The summed E-state index contributed by atoms with van der Waals surface area (Å²) in [6.07, 6.45) is 2.74. The fraction of sp³-hybridized carbons (Fsp3) is 0.241. The van der Waals surface area contributed by atoms with Gasteiger partial charge in [0.05, 0.1) is 26.4 Å². The van der Waals surface area contributed by atoms with Crippen LogP contribution in [0.1, 0.15) is 41.0 Å². The zero-order valence-electron chi connectivity index (χ0n) is 20.9. The maximum absolute atomic E-state index is 13.6. The average molecular weight is 487 g/mol. The Kier molecular flexibility index (Phi) is 7.59. The van der Waals surface area contributed by atoms with Crippen molar-refractivity contribution in [3.8, 4) is 33.8 Å². The van der Waals surface area contributed by atoms with E-state index in [0.717, 1.165) is 28.5 Å². The number of para-hydroxylation sites is 1. The number of benzene rings is 3. The first kappa shape index (κ1) is 24.9. The molecule has 2 N–H and O–H groups in total. The van der Waals surface area contributed by atoms with Crippen LogP contribution in [0.4, 0.5) is 0 Å². The van der Waals surface area contributed by atoms with Gasteiger partial charge in [0.15, 0.2) is 0 Å². The Morgan fingerprint density at radius 1 is 0.944 bits per heavy atom. The fourth-order valence-electron chi connectivity index (χ4n) is 4.32. The van der Waals surface area contributed by atoms with E-state index < -0.39 is 5.97 Å². The molecule has 0 fully saturated rings. The number of methoxy groups -OCH3 is 2. The van der Waals surface area contributed by atoms with Gasteiger partial charge in [0, 0.05) is 34.8 Å². The Morgan fingerprint density at radius 3 is 2.47 bits per heavy atom. The predicted octanol–water partition coefficient (Wildman–Crippen LogP) is 5.84. The van der Waals surface area contributed by atoms with Crippen molar-refractivity contribution in [2.45, 2.75) is 20.3 Å². The van der Waals surface area contributed by atoms with Gasteiger partial charge in [-0.3, -0.25) is 4.79 Å². The Balaban J connectivity index is 2.02. The lowest BCUT2D eigenvalue weighted by Crippen LogP contribution is -2.24. The van der Waals surface area contributed by atoms with Crippen LogP contribution in [0, 0.1) is 0 Å². The van der Waals surface area contributed by atoms with Gasteiger partial charge in [0.1, 0.15) is 17.1 Å². The molecule has 0 aliphatic rings. The number of amides is 1. The van der Waals surface area contributed by atoms with Crippen LogP contribution in [0.3, 0.4) is 0 Å². The van der Waals surface area contributed by atoms with Gasteiger partial charge in [0.25, 0.3) is 5.91 Å². The summed E-state index contributed by atoms with van der Waals surface area (Å²) in [5.74, 6) is 0.279. The highest BCUT2D eigenvalue weighted by atomic mass is 16.5. The van der Waals surface area contributed by atoms with Gasteiger partial charge in [-0.05, 0) is 54.8 Å². The van der Waals surface area contributed by atoms with Crippen LogP contribution in [0.15, 0.2) is 60.8 Å². The van der Waals surface area contributed by atoms with E-state index in [1.807, 2.05) is 56.4 Å². The minimum absolute atomic E-state index is 0.217. The summed E-state index contributed by atoms with van der Waals surface area (Å²) in [7, 11) is 2.82. The number of hydrogen-bond acceptors (Lipinski definition) is 5. The monoisotopic (exact) mass is 486 g/mol. The molecule has 4 rings (SSSR count). The third-order valence-corrected chi connectivity index (χ3v) is 5.97. The average Bonchev–Trinajstić information content (AvgIpc) is 3.34. The summed E-state index contributed by atoms with van der Waals surface area (Å²) in [6.45, 7) is 4.91. The van der Waals surface area contributed by atoms with Crippen LogP contribution in [0.2, 0.25) is 0 Å². The van der Waals surface area contributed by atoms with Gasteiger partial charge in [0.2, 0.25) is 0 Å². The third kappa shape index (κ3) is 4.64. The van der Waals surface area contributed by atoms with Crippen LogP contribution in [0.25, 0.3) is 33.2 Å². The lowest BCUT2D eigenvalue weighted by atomic mass is 9.89. The summed E-state index contributed by atoms with van der Waals surface area (Å²) in [4.78, 5) is 29.1. The molecule has 36 heavy (non-hydrogen) atoms. The molecule has 1 heterocycles. The van der Waals surface area contributed by atoms with Gasteiger partial charge >= 0.3 is 5.97 Å². The second-order valence-electron chi connectivity index (χ2n) is 8.22. The smallest absolute Gasteiger partial charge is 0.341 e. The van der Waals surface area contributed by atoms with Gasteiger partial charge in [-0.1, -0.05) is 31.2 Å². The Labute approximate surface area is 210 Å². The molecular weight excluding hydrogens is 456 g/mol. The van der Waals surface area contributed by atoms with Crippen molar-refractivity contribution in [1.82, 2.24) is 10.3 Å². The number of rotatable bonds is 9. The summed E-state index contributed by atoms with van der Waals surface area (Å²) < 4.78 is 16.5. The molecule has 186 valence electrons. The number of carbonyl (C=O) groups is 2. The zero-order chi connectivity index (χ0) is 25.7. The van der Waals surface area contributed by atoms with E-state index in [0.29, 0.717) is 46.9 Å². The van der Waals surface area contributed by atoms with Crippen molar-refractivity contribution in [3.63, 3.8) is 0 Å². The quantitative estimate of drug-likeness (QED) is 0.290. The predicted molar refractivity (Wildman–Crippen MR) is 141 cm³/mol. The molecule has 0 saturated carbocycles.